The molecule has 1 fully saturated rings. The van der Waals surface area contributed by atoms with Gasteiger partial charge in [-0.2, -0.15) is 5.10 Å². The van der Waals surface area contributed by atoms with E-state index in [2.05, 4.69) is 6.92 Å². The zero-order chi connectivity index (χ0) is 20.4. The summed E-state index contributed by atoms with van der Waals surface area (Å²) < 4.78 is 7.00. The summed E-state index contributed by atoms with van der Waals surface area (Å²) in [4.78, 5) is 15.3. The molecular weight excluding hydrogens is 386 g/mol. The first-order chi connectivity index (χ1) is 14.1. The second-order valence-corrected chi connectivity index (χ2v) is 7.89. The molecule has 5 nitrogen and oxygen atoms in total. The van der Waals surface area contributed by atoms with Gasteiger partial charge in [0, 0.05) is 18.7 Å². The van der Waals surface area contributed by atoms with Crippen molar-refractivity contribution in [3.8, 4) is 22.7 Å². The van der Waals surface area contributed by atoms with Crippen molar-refractivity contribution in [3.63, 3.8) is 0 Å². The number of piperidine rings is 1. The fourth-order valence-electron chi connectivity index (χ4n) is 3.64. The third-order valence-electron chi connectivity index (χ3n) is 5.45. The fourth-order valence-corrected chi connectivity index (χ4v) is 3.85. The van der Waals surface area contributed by atoms with Crippen LogP contribution in [0.1, 0.15) is 30.3 Å². The molecule has 2 aromatic carbocycles. The summed E-state index contributed by atoms with van der Waals surface area (Å²) in [6, 6.07) is 17.0. The number of hydrogen-bond acceptors (Lipinski definition) is 3. The second-order valence-electron chi connectivity index (χ2n) is 7.48. The minimum atomic E-state index is -0.0153. The van der Waals surface area contributed by atoms with E-state index < -0.39 is 0 Å². The topological polar surface area (TPSA) is 47.4 Å². The molecule has 1 aliphatic heterocycles. The molecule has 1 saturated heterocycles. The van der Waals surface area contributed by atoms with Gasteiger partial charge in [-0.1, -0.05) is 42.8 Å². The molecular formula is C23H24ClN3O2. The molecule has 1 aliphatic rings. The first-order valence-electron chi connectivity index (χ1n) is 9.85. The second kappa shape index (κ2) is 8.29. The molecule has 0 unspecified atom stereocenters. The molecule has 29 heavy (non-hydrogen) atoms. The molecule has 0 bridgehead atoms. The third kappa shape index (κ3) is 4.01. The van der Waals surface area contributed by atoms with Gasteiger partial charge in [-0.3, -0.25) is 4.79 Å². The molecule has 2 heterocycles. The number of para-hydroxylation sites is 1. The van der Waals surface area contributed by atoms with E-state index in [4.69, 9.17) is 21.4 Å². The molecule has 3 aromatic rings. The number of aromatic nitrogens is 2. The summed E-state index contributed by atoms with van der Waals surface area (Å²) in [5, 5.41) is 5.30. The Hall–Kier alpha value is -2.79. The number of benzene rings is 2. The molecule has 4 rings (SSSR count). The van der Waals surface area contributed by atoms with E-state index in [-0.39, 0.29) is 5.91 Å². The molecule has 150 valence electrons. The Morgan fingerprint density at radius 1 is 1.10 bits per heavy atom. The summed E-state index contributed by atoms with van der Waals surface area (Å²) in [6.45, 7) is 3.76. The van der Waals surface area contributed by atoms with Gasteiger partial charge in [-0.05, 0) is 49.1 Å². The van der Waals surface area contributed by atoms with Crippen molar-refractivity contribution in [2.75, 3.05) is 20.2 Å². The SMILES string of the molecule is COc1cccc(-c2cc(C(=O)N3CCC(C)CC3)n(-c3ccccc3Cl)n2)c1. The lowest BCUT2D eigenvalue weighted by Crippen LogP contribution is -2.38. The van der Waals surface area contributed by atoms with Gasteiger partial charge in [0.15, 0.2) is 0 Å². The maximum atomic E-state index is 13.4. The number of methoxy groups -OCH3 is 1. The van der Waals surface area contributed by atoms with E-state index in [0.717, 1.165) is 37.2 Å². The van der Waals surface area contributed by atoms with Gasteiger partial charge < -0.3 is 9.64 Å². The minimum Gasteiger partial charge on any atom is -0.497 e. The molecule has 0 N–H and O–H groups in total. The maximum Gasteiger partial charge on any atom is 0.272 e. The van der Waals surface area contributed by atoms with Crippen LogP contribution in [0.3, 0.4) is 0 Å². The molecule has 0 atom stereocenters. The predicted molar refractivity (Wildman–Crippen MR) is 115 cm³/mol. The van der Waals surface area contributed by atoms with Crippen molar-refractivity contribution in [1.82, 2.24) is 14.7 Å². The Kier molecular flexibility index (Phi) is 5.58. The van der Waals surface area contributed by atoms with Gasteiger partial charge in [0.1, 0.15) is 11.4 Å². The average molecular weight is 410 g/mol. The third-order valence-corrected chi connectivity index (χ3v) is 5.77. The number of hydrogen-bond donors (Lipinski definition) is 0. The van der Waals surface area contributed by atoms with Crippen LogP contribution in [0.4, 0.5) is 0 Å². The lowest BCUT2D eigenvalue weighted by molar-refractivity contribution is 0.0688. The van der Waals surface area contributed by atoms with Crippen LogP contribution in [0, 0.1) is 5.92 Å². The normalized spacial score (nSPS) is 14.8. The van der Waals surface area contributed by atoms with Gasteiger partial charge in [-0.25, -0.2) is 4.68 Å². The van der Waals surface area contributed by atoms with Crippen LogP contribution in [0.15, 0.2) is 54.6 Å². The highest BCUT2D eigenvalue weighted by Crippen LogP contribution is 2.29. The van der Waals surface area contributed by atoms with Crippen LogP contribution < -0.4 is 4.74 Å². The first-order valence-corrected chi connectivity index (χ1v) is 10.2. The summed E-state index contributed by atoms with van der Waals surface area (Å²) in [6.07, 6.45) is 2.05. The number of ether oxygens (including phenoxy) is 1. The highest BCUT2D eigenvalue weighted by atomic mass is 35.5. The number of rotatable bonds is 4. The Morgan fingerprint density at radius 3 is 2.59 bits per heavy atom. The van der Waals surface area contributed by atoms with Gasteiger partial charge in [0.2, 0.25) is 0 Å². The monoisotopic (exact) mass is 409 g/mol. The number of carbonyl (C=O) groups excluding carboxylic acids is 1. The van der Waals surface area contributed by atoms with Gasteiger partial charge >= 0.3 is 0 Å². The lowest BCUT2D eigenvalue weighted by Gasteiger charge is -2.30. The van der Waals surface area contributed by atoms with E-state index in [0.29, 0.717) is 28.0 Å². The zero-order valence-corrected chi connectivity index (χ0v) is 17.4. The fraction of sp³-hybridized carbons (Fsp3) is 0.304. The van der Waals surface area contributed by atoms with Crippen molar-refractivity contribution >= 4 is 17.5 Å². The van der Waals surface area contributed by atoms with E-state index in [9.17, 15) is 4.79 Å². The average Bonchev–Trinajstić information content (AvgIpc) is 3.19. The molecule has 0 saturated carbocycles. The van der Waals surface area contributed by atoms with Crippen molar-refractivity contribution in [2.45, 2.75) is 19.8 Å². The Bertz CT molecular complexity index is 1020. The molecule has 1 amide bonds. The van der Waals surface area contributed by atoms with Crippen LogP contribution in [-0.4, -0.2) is 40.8 Å². The van der Waals surface area contributed by atoms with Gasteiger partial charge in [0.25, 0.3) is 5.91 Å². The highest BCUT2D eigenvalue weighted by molar-refractivity contribution is 6.32. The summed E-state index contributed by atoms with van der Waals surface area (Å²) in [7, 11) is 1.63. The summed E-state index contributed by atoms with van der Waals surface area (Å²) >= 11 is 6.44. The van der Waals surface area contributed by atoms with Crippen LogP contribution >= 0.6 is 11.6 Å². The molecule has 6 heteroatoms. The van der Waals surface area contributed by atoms with E-state index in [1.165, 1.54) is 0 Å². The molecule has 0 aliphatic carbocycles. The number of nitrogens with zero attached hydrogens (tertiary/aromatic N) is 3. The maximum absolute atomic E-state index is 13.4. The Labute approximate surface area is 175 Å². The van der Waals surface area contributed by atoms with E-state index in [1.807, 2.05) is 53.4 Å². The quantitative estimate of drug-likeness (QED) is 0.604. The number of halogens is 1. The van der Waals surface area contributed by atoms with Gasteiger partial charge in [-0.15, -0.1) is 0 Å². The standard InChI is InChI=1S/C23H24ClN3O2/c1-16-10-12-26(13-11-16)23(28)22-15-20(17-6-5-7-18(14-17)29-2)25-27(22)21-9-4-3-8-19(21)24/h3-9,14-16H,10-13H2,1-2H3. The van der Waals surface area contributed by atoms with E-state index in [1.54, 1.807) is 17.9 Å². The number of amides is 1. The summed E-state index contributed by atoms with van der Waals surface area (Å²) in [5.74, 6) is 1.38. The number of likely N-dealkylation sites (tertiary alicyclic amines) is 1. The molecule has 0 spiro atoms. The van der Waals surface area contributed by atoms with Crippen LogP contribution in [0.25, 0.3) is 16.9 Å². The van der Waals surface area contributed by atoms with Crippen molar-refractivity contribution < 1.29 is 9.53 Å². The van der Waals surface area contributed by atoms with Crippen LogP contribution in [0.2, 0.25) is 5.02 Å². The Morgan fingerprint density at radius 2 is 1.86 bits per heavy atom. The smallest absolute Gasteiger partial charge is 0.272 e. The van der Waals surface area contributed by atoms with Crippen LogP contribution in [-0.2, 0) is 0 Å². The van der Waals surface area contributed by atoms with Crippen LogP contribution in [0.5, 0.6) is 5.75 Å². The van der Waals surface area contributed by atoms with Crippen molar-refractivity contribution in [2.24, 2.45) is 5.92 Å². The largest absolute Gasteiger partial charge is 0.497 e. The lowest BCUT2D eigenvalue weighted by atomic mass is 9.99. The minimum absolute atomic E-state index is 0.0153. The summed E-state index contributed by atoms with van der Waals surface area (Å²) in [5.41, 5.74) is 2.80. The Balaban J connectivity index is 1.79. The molecule has 0 radical (unpaired) electrons. The van der Waals surface area contributed by atoms with Crippen molar-refractivity contribution in [1.29, 1.82) is 0 Å². The molecule has 1 aromatic heterocycles. The van der Waals surface area contributed by atoms with Gasteiger partial charge in [0.05, 0.1) is 23.5 Å². The predicted octanol–water partition coefficient (Wildman–Crippen LogP) is 5.07. The highest BCUT2D eigenvalue weighted by Gasteiger charge is 2.26. The first kappa shape index (κ1) is 19.5. The van der Waals surface area contributed by atoms with E-state index >= 15 is 0 Å². The van der Waals surface area contributed by atoms with Crippen molar-refractivity contribution in [3.05, 3.63) is 65.3 Å². The number of carbonyl (C=O) groups is 1. The zero-order valence-electron chi connectivity index (χ0n) is 16.6.